The van der Waals surface area contributed by atoms with E-state index < -0.39 is 0 Å². The Morgan fingerprint density at radius 3 is 2.88 bits per heavy atom. The molecule has 0 bridgehead atoms. The minimum absolute atomic E-state index is 0.0210. The molecule has 0 aliphatic carbocycles. The smallest absolute Gasteiger partial charge is 0.119 e. The molecule has 3 heteroatoms. The highest BCUT2D eigenvalue weighted by Crippen LogP contribution is 2.43. The van der Waals surface area contributed by atoms with Crippen LogP contribution in [0.25, 0.3) is 0 Å². The lowest BCUT2D eigenvalue weighted by Crippen LogP contribution is -2.39. The van der Waals surface area contributed by atoms with Gasteiger partial charge in [0, 0.05) is 0 Å². The van der Waals surface area contributed by atoms with Gasteiger partial charge in [0.1, 0.15) is 5.75 Å². The zero-order chi connectivity index (χ0) is 11.0. The average molecular weight is 219 g/mol. The molecule has 3 rings (SSSR count). The van der Waals surface area contributed by atoms with Crippen LogP contribution in [0.4, 0.5) is 0 Å². The highest BCUT2D eigenvalue weighted by molar-refractivity contribution is 5.41. The van der Waals surface area contributed by atoms with Crippen molar-refractivity contribution >= 4 is 0 Å². The van der Waals surface area contributed by atoms with E-state index in [9.17, 15) is 0 Å². The summed E-state index contributed by atoms with van der Waals surface area (Å²) >= 11 is 0. The van der Waals surface area contributed by atoms with Crippen molar-refractivity contribution in [1.82, 2.24) is 5.32 Å². The van der Waals surface area contributed by atoms with Crippen molar-refractivity contribution in [3.05, 3.63) is 29.3 Å². The first-order valence-electron chi connectivity index (χ1n) is 5.86. The SMILES string of the molecule is COc1ccc2c(c1)COC21CCNCC1. The Hall–Kier alpha value is -1.06. The maximum absolute atomic E-state index is 6.06. The summed E-state index contributed by atoms with van der Waals surface area (Å²) in [4.78, 5) is 0. The molecular formula is C13H17NO2. The van der Waals surface area contributed by atoms with Crippen molar-refractivity contribution in [2.24, 2.45) is 0 Å². The second kappa shape index (κ2) is 3.75. The van der Waals surface area contributed by atoms with Crippen molar-refractivity contribution in [1.29, 1.82) is 0 Å². The molecule has 0 saturated carbocycles. The van der Waals surface area contributed by atoms with Crippen LogP contribution in [0.2, 0.25) is 0 Å². The Labute approximate surface area is 95.8 Å². The summed E-state index contributed by atoms with van der Waals surface area (Å²) in [6.07, 6.45) is 2.15. The molecule has 3 nitrogen and oxygen atoms in total. The Kier molecular flexibility index (Phi) is 2.37. The van der Waals surface area contributed by atoms with E-state index >= 15 is 0 Å². The van der Waals surface area contributed by atoms with Crippen molar-refractivity contribution in [2.45, 2.75) is 25.0 Å². The third-order valence-corrected chi connectivity index (χ3v) is 3.72. The zero-order valence-corrected chi connectivity index (χ0v) is 9.58. The van der Waals surface area contributed by atoms with Gasteiger partial charge in [0.25, 0.3) is 0 Å². The summed E-state index contributed by atoms with van der Waals surface area (Å²) in [6, 6.07) is 6.32. The lowest BCUT2D eigenvalue weighted by molar-refractivity contribution is -0.0590. The van der Waals surface area contributed by atoms with E-state index in [0.29, 0.717) is 0 Å². The van der Waals surface area contributed by atoms with E-state index in [-0.39, 0.29) is 5.60 Å². The molecule has 0 aromatic heterocycles. The molecular weight excluding hydrogens is 202 g/mol. The number of rotatable bonds is 1. The van der Waals surface area contributed by atoms with E-state index in [2.05, 4.69) is 17.4 Å². The molecule has 1 N–H and O–H groups in total. The van der Waals surface area contributed by atoms with Gasteiger partial charge >= 0.3 is 0 Å². The number of fused-ring (bicyclic) bond motifs is 2. The van der Waals surface area contributed by atoms with Crippen LogP contribution in [0.5, 0.6) is 5.75 Å². The third-order valence-electron chi connectivity index (χ3n) is 3.72. The first-order chi connectivity index (χ1) is 7.84. The lowest BCUT2D eigenvalue weighted by Gasteiger charge is -2.34. The number of hydrogen-bond donors (Lipinski definition) is 1. The van der Waals surface area contributed by atoms with Crippen LogP contribution in [-0.4, -0.2) is 20.2 Å². The zero-order valence-electron chi connectivity index (χ0n) is 9.58. The minimum atomic E-state index is -0.0210. The lowest BCUT2D eigenvalue weighted by atomic mass is 9.84. The molecule has 16 heavy (non-hydrogen) atoms. The van der Waals surface area contributed by atoms with Crippen LogP contribution in [-0.2, 0) is 16.9 Å². The summed E-state index contributed by atoms with van der Waals surface area (Å²) in [5.41, 5.74) is 2.64. The topological polar surface area (TPSA) is 30.5 Å². The molecule has 0 atom stereocenters. The number of ether oxygens (including phenoxy) is 2. The molecule has 1 spiro atoms. The molecule has 1 saturated heterocycles. The van der Waals surface area contributed by atoms with Crippen molar-refractivity contribution in [3.8, 4) is 5.75 Å². The molecule has 0 amide bonds. The molecule has 0 radical (unpaired) electrons. The fourth-order valence-corrected chi connectivity index (χ4v) is 2.80. The van der Waals surface area contributed by atoms with Crippen molar-refractivity contribution in [3.63, 3.8) is 0 Å². The van der Waals surface area contributed by atoms with Crippen LogP contribution in [0.3, 0.4) is 0 Å². The minimum Gasteiger partial charge on any atom is -0.497 e. The second-order valence-electron chi connectivity index (χ2n) is 4.56. The summed E-state index contributed by atoms with van der Waals surface area (Å²) in [6.45, 7) is 2.82. The summed E-state index contributed by atoms with van der Waals surface area (Å²) < 4.78 is 11.3. The van der Waals surface area contributed by atoms with Crippen LogP contribution >= 0.6 is 0 Å². The monoisotopic (exact) mass is 219 g/mol. The summed E-state index contributed by atoms with van der Waals surface area (Å²) in [5, 5.41) is 3.38. The van der Waals surface area contributed by atoms with Gasteiger partial charge in [-0.25, -0.2) is 0 Å². The molecule has 1 fully saturated rings. The standard InChI is InChI=1S/C13H17NO2/c1-15-11-2-3-12-10(8-11)9-16-13(12)4-6-14-7-5-13/h2-3,8,14H,4-7,9H2,1H3. The van der Waals surface area contributed by atoms with Crippen LogP contribution in [0.1, 0.15) is 24.0 Å². The Balaban J connectivity index is 1.98. The van der Waals surface area contributed by atoms with Crippen molar-refractivity contribution < 1.29 is 9.47 Å². The van der Waals surface area contributed by atoms with Gasteiger partial charge in [0.15, 0.2) is 0 Å². The summed E-state index contributed by atoms with van der Waals surface area (Å²) in [7, 11) is 1.71. The van der Waals surface area contributed by atoms with Gasteiger partial charge in [-0.2, -0.15) is 0 Å². The molecule has 2 aliphatic heterocycles. The molecule has 2 heterocycles. The highest BCUT2D eigenvalue weighted by atomic mass is 16.5. The first-order valence-corrected chi connectivity index (χ1v) is 5.86. The Morgan fingerprint density at radius 1 is 1.31 bits per heavy atom. The number of piperidine rings is 1. The number of nitrogens with one attached hydrogen (secondary N) is 1. The maximum Gasteiger partial charge on any atom is 0.119 e. The Morgan fingerprint density at radius 2 is 2.12 bits per heavy atom. The molecule has 1 aromatic carbocycles. The van der Waals surface area contributed by atoms with E-state index in [1.54, 1.807) is 7.11 Å². The largest absolute Gasteiger partial charge is 0.497 e. The summed E-state index contributed by atoms with van der Waals surface area (Å²) in [5.74, 6) is 0.924. The fourth-order valence-electron chi connectivity index (χ4n) is 2.80. The number of hydrogen-bond acceptors (Lipinski definition) is 3. The molecule has 1 aromatic rings. The van der Waals surface area contributed by atoms with Gasteiger partial charge in [-0.3, -0.25) is 0 Å². The molecule has 2 aliphatic rings. The van der Waals surface area contributed by atoms with Gasteiger partial charge < -0.3 is 14.8 Å². The predicted octanol–water partition coefficient (Wildman–Crippen LogP) is 1.80. The van der Waals surface area contributed by atoms with Crippen LogP contribution in [0.15, 0.2) is 18.2 Å². The third kappa shape index (κ3) is 1.43. The Bertz CT molecular complexity index is 397. The second-order valence-corrected chi connectivity index (χ2v) is 4.56. The van der Waals surface area contributed by atoms with Crippen LogP contribution in [0, 0.1) is 0 Å². The maximum atomic E-state index is 6.06. The molecule has 86 valence electrons. The highest BCUT2D eigenvalue weighted by Gasteiger charge is 2.40. The normalized spacial score (nSPS) is 22.1. The van der Waals surface area contributed by atoms with Gasteiger partial charge in [0.05, 0.1) is 19.3 Å². The number of benzene rings is 1. The first kappa shape index (κ1) is 10.1. The quantitative estimate of drug-likeness (QED) is 0.781. The van der Waals surface area contributed by atoms with Gasteiger partial charge in [-0.1, -0.05) is 6.07 Å². The molecule has 0 unspecified atom stereocenters. The van der Waals surface area contributed by atoms with Crippen molar-refractivity contribution in [2.75, 3.05) is 20.2 Å². The van der Waals surface area contributed by atoms with E-state index in [1.807, 2.05) is 6.07 Å². The average Bonchev–Trinajstić information content (AvgIpc) is 2.69. The number of methoxy groups -OCH3 is 1. The van der Waals surface area contributed by atoms with Gasteiger partial charge in [-0.05, 0) is 49.2 Å². The van der Waals surface area contributed by atoms with E-state index in [0.717, 1.165) is 38.3 Å². The van der Waals surface area contributed by atoms with Gasteiger partial charge in [-0.15, -0.1) is 0 Å². The van der Waals surface area contributed by atoms with Gasteiger partial charge in [0.2, 0.25) is 0 Å². The fraction of sp³-hybridized carbons (Fsp3) is 0.538. The van der Waals surface area contributed by atoms with Crippen LogP contribution < -0.4 is 10.1 Å². The predicted molar refractivity (Wildman–Crippen MR) is 61.6 cm³/mol. The van der Waals surface area contributed by atoms with E-state index in [4.69, 9.17) is 9.47 Å². The van der Waals surface area contributed by atoms with E-state index in [1.165, 1.54) is 11.1 Å².